The number of carboxylic acids is 1. The number of aromatic nitrogens is 2. The molecule has 110 valence electrons. The fourth-order valence-electron chi connectivity index (χ4n) is 2.38. The van der Waals surface area contributed by atoms with Crippen molar-refractivity contribution in [2.45, 2.75) is 19.1 Å². The molecule has 0 amide bonds. The maximum atomic E-state index is 11.5. The average Bonchev–Trinajstić information content (AvgIpc) is 3.15. The van der Waals surface area contributed by atoms with E-state index in [2.05, 4.69) is 5.10 Å². The molecule has 0 bridgehead atoms. The summed E-state index contributed by atoms with van der Waals surface area (Å²) in [6.45, 7) is 1.43. The lowest BCUT2D eigenvalue weighted by Gasteiger charge is -2.11. The van der Waals surface area contributed by atoms with Crippen molar-refractivity contribution in [3.63, 3.8) is 0 Å². The summed E-state index contributed by atoms with van der Waals surface area (Å²) in [5.41, 5.74) is 1.06. The van der Waals surface area contributed by atoms with E-state index in [-0.39, 0.29) is 11.7 Å². The summed E-state index contributed by atoms with van der Waals surface area (Å²) in [5, 5.41) is 13.6. The van der Waals surface area contributed by atoms with Crippen LogP contribution in [0.15, 0.2) is 36.5 Å². The van der Waals surface area contributed by atoms with Crippen LogP contribution in [-0.2, 0) is 11.3 Å². The van der Waals surface area contributed by atoms with Crippen LogP contribution in [0.25, 0.3) is 0 Å². The van der Waals surface area contributed by atoms with E-state index >= 15 is 0 Å². The molecular weight excluding hydrogens is 272 g/mol. The lowest BCUT2D eigenvalue weighted by Crippen LogP contribution is -2.17. The first-order valence-corrected chi connectivity index (χ1v) is 6.81. The van der Waals surface area contributed by atoms with Crippen molar-refractivity contribution in [1.29, 1.82) is 0 Å². The van der Waals surface area contributed by atoms with E-state index < -0.39 is 5.97 Å². The number of carboxylic acid groups (broad SMARTS) is 1. The molecule has 1 aliphatic heterocycles. The molecule has 2 aromatic rings. The minimum Gasteiger partial charge on any atom is -0.485 e. The third kappa shape index (κ3) is 2.90. The van der Waals surface area contributed by atoms with Gasteiger partial charge in [0.15, 0.2) is 11.4 Å². The number of benzene rings is 1. The summed E-state index contributed by atoms with van der Waals surface area (Å²) in [6, 6.07) is 9.56. The lowest BCUT2D eigenvalue weighted by atomic mass is 10.2. The van der Waals surface area contributed by atoms with Crippen LogP contribution in [0.3, 0.4) is 0 Å². The molecule has 1 aliphatic rings. The highest BCUT2D eigenvalue weighted by Crippen LogP contribution is 2.26. The van der Waals surface area contributed by atoms with Crippen LogP contribution in [0.2, 0.25) is 0 Å². The van der Waals surface area contributed by atoms with Crippen molar-refractivity contribution in [2.24, 2.45) is 0 Å². The van der Waals surface area contributed by atoms with Crippen molar-refractivity contribution in [3.05, 3.63) is 47.8 Å². The number of carbonyl (C=O) groups is 1. The molecule has 0 spiro atoms. The zero-order chi connectivity index (χ0) is 14.7. The zero-order valence-electron chi connectivity index (χ0n) is 11.4. The molecule has 1 N–H and O–H groups in total. The van der Waals surface area contributed by atoms with Crippen LogP contribution in [0.4, 0.5) is 0 Å². The van der Waals surface area contributed by atoms with Gasteiger partial charge in [0.1, 0.15) is 6.61 Å². The van der Waals surface area contributed by atoms with Gasteiger partial charge in [-0.3, -0.25) is 0 Å². The summed E-state index contributed by atoms with van der Waals surface area (Å²) in [7, 11) is 0. The van der Waals surface area contributed by atoms with Gasteiger partial charge in [0.25, 0.3) is 0 Å². The van der Waals surface area contributed by atoms with E-state index in [1.165, 1.54) is 10.9 Å². The van der Waals surface area contributed by atoms with Gasteiger partial charge >= 0.3 is 5.97 Å². The van der Waals surface area contributed by atoms with Gasteiger partial charge in [0.2, 0.25) is 0 Å². The summed E-state index contributed by atoms with van der Waals surface area (Å²) in [5.74, 6) is -0.749. The number of hydrogen-bond acceptors (Lipinski definition) is 4. The monoisotopic (exact) mass is 288 g/mol. The topological polar surface area (TPSA) is 73.6 Å². The Labute approximate surface area is 121 Å². The van der Waals surface area contributed by atoms with Crippen molar-refractivity contribution in [2.75, 3.05) is 13.2 Å². The van der Waals surface area contributed by atoms with Gasteiger partial charge in [-0.2, -0.15) is 5.10 Å². The Morgan fingerprint density at radius 2 is 2.24 bits per heavy atom. The Balaban J connectivity index is 1.80. The maximum Gasteiger partial charge on any atom is 0.358 e. The summed E-state index contributed by atoms with van der Waals surface area (Å²) >= 11 is 0. The first-order valence-electron chi connectivity index (χ1n) is 6.81. The van der Waals surface area contributed by atoms with Gasteiger partial charge < -0.3 is 14.6 Å². The van der Waals surface area contributed by atoms with E-state index in [4.69, 9.17) is 9.47 Å². The molecule has 1 saturated heterocycles. The van der Waals surface area contributed by atoms with E-state index in [9.17, 15) is 9.90 Å². The Kier molecular flexibility index (Phi) is 3.87. The van der Waals surface area contributed by atoms with Crippen LogP contribution >= 0.6 is 0 Å². The third-order valence-electron chi connectivity index (χ3n) is 3.45. The standard InChI is InChI=1S/C15H16N2O4/c18-15(19)14-13(21-9-11-4-2-1-3-5-11)8-16-17(14)12-6-7-20-10-12/h1-5,8,12H,6-7,9-10H2,(H,18,19). The van der Waals surface area contributed by atoms with Gasteiger partial charge in [0.05, 0.1) is 18.8 Å². The van der Waals surface area contributed by atoms with Crippen molar-refractivity contribution in [1.82, 2.24) is 9.78 Å². The van der Waals surface area contributed by atoms with E-state index in [0.29, 0.717) is 25.6 Å². The highest BCUT2D eigenvalue weighted by molar-refractivity contribution is 5.88. The first kappa shape index (κ1) is 13.6. The van der Waals surface area contributed by atoms with E-state index in [1.54, 1.807) is 0 Å². The molecule has 6 heteroatoms. The first-order chi connectivity index (χ1) is 10.3. The molecule has 1 fully saturated rings. The second-order valence-electron chi connectivity index (χ2n) is 4.90. The SMILES string of the molecule is O=C(O)c1c(OCc2ccccc2)cnn1C1CCOC1. The summed E-state index contributed by atoms with van der Waals surface area (Å²) in [4.78, 5) is 11.5. The Morgan fingerprint density at radius 3 is 2.90 bits per heavy atom. The highest BCUT2D eigenvalue weighted by Gasteiger charge is 2.27. The number of hydrogen-bond donors (Lipinski definition) is 1. The largest absolute Gasteiger partial charge is 0.485 e. The molecule has 0 radical (unpaired) electrons. The van der Waals surface area contributed by atoms with Gasteiger partial charge in [-0.05, 0) is 12.0 Å². The van der Waals surface area contributed by atoms with Gasteiger partial charge in [0, 0.05) is 6.61 Å². The summed E-state index contributed by atoms with van der Waals surface area (Å²) in [6.07, 6.45) is 2.23. The van der Waals surface area contributed by atoms with Crippen LogP contribution in [0.5, 0.6) is 5.75 Å². The molecule has 1 aromatic carbocycles. The second-order valence-corrected chi connectivity index (χ2v) is 4.90. The van der Waals surface area contributed by atoms with Crippen LogP contribution in [0.1, 0.15) is 28.5 Å². The quantitative estimate of drug-likeness (QED) is 0.912. The smallest absolute Gasteiger partial charge is 0.358 e. The Bertz CT molecular complexity index is 618. The van der Waals surface area contributed by atoms with Gasteiger partial charge in [-0.25, -0.2) is 9.48 Å². The second kappa shape index (κ2) is 5.97. The number of ether oxygens (including phenoxy) is 2. The van der Waals surface area contributed by atoms with Gasteiger partial charge in [-0.1, -0.05) is 30.3 Å². The molecule has 0 aliphatic carbocycles. The molecular formula is C15H16N2O4. The lowest BCUT2D eigenvalue weighted by molar-refractivity contribution is 0.0673. The van der Waals surface area contributed by atoms with Crippen molar-refractivity contribution < 1.29 is 19.4 Å². The molecule has 1 atom stereocenters. The number of rotatable bonds is 5. The fraction of sp³-hybridized carbons (Fsp3) is 0.333. The maximum absolute atomic E-state index is 11.5. The molecule has 3 rings (SSSR count). The fourth-order valence-corrected chi connectivity index (χ4v) is 2.38. The van der Waals surface area contributed by atoms with Crippen LogP contribution < -0.4 is 4.74 Å². The van der Waals surface area contributed by atoms with Crippen molar-refractivity contribution >= 4 is 5.97 Å². The minimum atomic E-state index is -1.04. The average molecular weight is 288 g/mol. The summed E-state index contributed by atoms with van der Waals surface area (Å²) < 4.78 is 12.4. The molecule has 0 saturated carbocycles. The number of nitrogens with zero attached hydrogens (tertiary/aromatic N) is 2. The normalized spacial score (nSPS) is 17.8. The highest BCUT2D eigenvalue weighted by atomic mass is 16.5. The molecule has 1 unspecified atom stereocenters. The van der Waals surface area contributed by atoms with E-state index in [0.717, 1.165) is 12.0 Å². The third-order valence-corrected chi connectivity index (χ3v) is 3.45. The minimum absolute atomic E-state index is 0.0369. The molecule has 2 heterocycles. The van der Waals surface area contributed by atoms with Crippen LogP contribution in [-0.4, -0.2) is 34.1 Å². The Hall–Kier alpha value is -2.34. The predicted octanol–water partition coefficient (Wildman–Crippen LogP) is 2.12. The molecule has 1 aromatic heterocycles. The van der Waals surface area contributed by atoms with Gasteiger partial charge in [-0.15, -0.1) is 0 Å². The predicted molar refractivity (Wildman–Crippen MR) is 74.4 cm³/mol. The number of aromatic carboxylic acids is 1. The Morgan fingerprint density at radius 1 is 1.43 bits per heavy atom. The zero-order valence-corrected chi connectivity index (χ0v) is 11.4. The molecule has 6 nitrogen and oxygen atoms in total. The van der Waals surface area contributed by atoms with Crippen LogP contribution in [0, 0.1) is 0 Å². The molecule has 21 heavy (non-hydrogen) atoms. The van der Waals surface area contributed by atoms with Crippen molar-refractivity contribution in [3.8, 4) is 5.75 Å². The van der Waals surface area contributed by atoms with E-state index in [1.807, 2.05) is 30.3 Å².